The van der Waals surface area contributed by atoms with Crippen molar-refractivity contribution in [1.82, 2.24) is 0 Å². The number of halogens is 10. The lowest BCUT2D eigenvalue weighted by Gasteiger charge is -2.39. The van der Waals surface area contributed by atoms with Crippen LogP contribution < -0.4 is 0 Å². The van der Waals surface area contributed by atoms with Gasteiger partial charge in [0.25, 0.3) is 0 Å². The Bertz CT molecular complexity index is 487. The summed E-state index contributed by atoms with van der Waals surface area (Å²) in [4.78, 5) is 20.4. The molecule has 0 aliphatic carbocycles. The first-order valence-electron chi connectivity index (χ1n) is 5.14. The van der Waals surface area contributed by atoms with E-state index >= 15 is 0 Å². The molecular weight excluding hydrogens is 362 g/mol. The van der Waals surface area contributed by atoms with Gasteiger partial charge in [0.05, 0.1) is 0 Å². The lowest BCUT2D eigenvalue weighted by atomic mass is 9.86. The second-order valence-electron chi connectivity index (χ2n) is 4.23. The summed E-state index contributed by atoms with van der Waals surface area (Å²) in [6.45, 7) is -0.417. The van der Waals surface area contributed by atoms with Crippen LogP contribution >= 0.6 is 0 Å². The fraction of sp³-hybridized carbons (Fsp3) is 0.778. The number of hydrogen-bond acceptors (Lipinski definition) is 2. The molecule has 0 aromatic rings. The van der Waals surface area contributed by atoms with E-state index in [-0.39, 0.29) is 0 Å². The van der Waals surface area contributed by atoms with Crippen LogP contribution in [0.3, 0.4) is 0 Å². The first-order valence-corrected chi connectivity index (χ1v) is 5.14. The molecule has 0 bridgehead atoms. The number of aliphatic carboxylic acids is 2. The van der Waals surface area contributed by atoms with E-state index in [2.05, 4.69) is 0 Å². The molecule has 4 nitrogen and oxygen atoms in total. The number of carbonyl (C=O) groups is 2. The SMILES string of the molecule is CC(F)C(F)(F)C(F)(F)C(F)(F)C(F)(F)C(F)(C(=O)O)C(=O)O. The fourth-order valence-electron chi connectivity index (χ4n) is 1.23. The molecule has 0 aromatic carbocycles. The molecule has 0 fully saturated rings. The summed E-state index contributed by atoms with van der Waals surface area (Å²) in [5.41, 5.74) is -6.39. The lowest BCUT2D eigenvalue weighted by Crippen LogP contribution is -2.72. The molecule has 0 radical (unpaired) electrons. The van der Waals surface area contributed by atoms with Gasteiger partial charge in [-0.15, -0.1) is 0 Å². The first-order chi connectivity index (χ1) is 9.83. The van der Waals surface area contributed by atoms with E-state index in [4.69, 9.17) is 10.2 Å². The Morgan fingerprint density at radius 2 is 1.04 bits per heavy atom. The van der Waals surface area contributed by atoms with Crippen LogP contribution in [-0.4, -0.2) is 57.7 Å². The minimum absolute atomic E-state index is 0.417. The van der Waals surface area contributed by atoms with E-state index in [1.54, 1.807) is 0 Å². The van der Waals surface area contributed by atoms with Crippen LogP contribution in [0.4, 0.5) is 43.9 Å². The van der Waals surface area contributed by atoms with Gasteiger partial charge in [-0.25, -0.2) is 18.4 Å². The maximum atomic E-state index is 13.3. The zero-order valence-electron chi connectivity index (χ0n) is 10.6. The predicted octanol–water partition coefficient (Wildman–Crippen LogP) is 2.76. The summed E-state index contributed by atoms with van der Waals surface area (Å²) in [7, 11) is 0. The van der Waals surface area contributed by atoms with E-state index < -0.39 is 54.4 Å². The van der Waals surface area contributed by atoms with Gasteiger partial charge in [0.2, 0.25) is 0 Å². The van der Waals surface area contributed by atoms with Crippen molar-refractivity contribution >= 4 is 11.9 Å². The quantitative estimate of drug-likeness (QED) is 0.535. The van der Waals surface area contributed by atoms with Crippen LogP contribution in [0, 0.1) is 0 Å². The van der Waals surface area contributed by atoms with Crippen molar-refractivity contribution in [3.8, 4) is 0 Å². The molecule has 23 heavy (non-hydrogen) atoms. The molecule has 14 heteroatoms. The summed E-state index contributed by atoms with van der Waals surface area (Å²) in [5.74, 6) is -36.5. The molecule has 1 atom stereocenters. The molecule has 2 N–H and O–H groups in total. The predicted molar refractivity (Wildman–Crippen MR) is 49.5 cm³/mol. The van der Waals surface area contributed by atoms with Crippen molar-refractivity contribution in [3.63, 3.8) is 0 Å². The zero-order chi connectivity index (χ0) is 19.2. The largest absolute Gasteiger partial charge is 0.478 e. The van der Waals surface area contributed by atoms with Crippen molar-refractivity contribution in [2.75, 3.05) is 0 Å². The van der Waals surface area contributed by atoms with Gasteiger partial charge in [-0.05, 0) is 6.92 Å². The minimum atomic E-state index is -7.59. The van der Waals surface area contributed by atoms with Gasteiger partial charge in [0.1, 0.15) is 0 Å². The number of carboxylic acids is 2. The van der Waals surface area contributed by atoms with Gasteiger partial charge in [0, 0.05) is 0 Å². The smallest absolute Gasteiger partial charge is 0.382 e. The summed E-state index contributed by atoms with van der Waals surface area (Å²) in [6.07, 6.45) is -4.15. The summed E-state index contributed by atoms with van der Waals surface area (Å²) in [6, 6.07) is 0. The van der Waals surface area contributed by atoms with Crippen LogP contribution in [0.1, 0.15) is 6.92 Å². The van der Waals surface area contributed by atoms with Gasteiger partial charge >= 0.3 is 41.3 Å². The van der Waals surface area contributed by atoms with E-state index in [0.717, 1.165) is 0 Å². The second-order valence-corrected chi connectivity index (χ2v) is 4.23. The molecule has 0 amide bonds. The van der Waals surface area contributed by atoms with Crippen molar-refractivity contribution in [1.29, 1.82) is 0 Å². The summed E-state index contributed by atoms with van der Waals surface area (Å²) >= 11 is 0. The maximum absolute atomic E-state index is 13.3. The fourth-order valence-corrected chi connectivity index (χ4v) is 1.23. The highest BCUT2D eigenvalue weighted by Gasteiger charge is 2.89. The highest BCUT2D eigenvalue weighted by Crippen LogP contribution is 2.57. The van der Waals surface area contributed by atoms with Crippen molar-refractivity contribution in [3.05, 3.63) is 0 Å². The lowest BCUT2D eigenvalue weighted by molar-refractivity contribution is -0.388. The molecular formula is C9H6F10O4. The van der Waals surface area contributed by atoms with Crippen LogP contribution in [0.15, 0.2) is 0 Å². The third-order valence-corrected chi connectivity index (χ3v) is 2.73. The molecule has 0 heterocycles. The van der Waals surface area contributed by atoms with Crippen molar-refractivity contribution in [2.24, 2.45) is 0 Å². The van der Waals surface area contributed by atoms with Crippen LogP contribution in [-0.2, 0) is 9.59 Å². The van der Waals surface area contributed by atoms with Gasteiger partial charge in [-0.1, -0.05) is 0 Å². The van der Waals surface area contributed by atoms with Crippen LogP contribution in [0.5, 0.6) is 0 Å². The molecule has 0 saturated heterocycles. The summed E-state index contributed by atoms with van der Waals surface area (Å²) < 4.78 is 130. The third-order valence-electron chi connectivity index (χ3n) is 2.73. The highest BCUT2D eigenvalue weighted by molar-refractivity contribution is 6.03. The van der Waals surface area contributed by atoms with E-state index in [1.807, 2.05) is 0 Å². The first kappa shape index (κ1) is 21.2. The average molecular weight is 368 g/mol. The Hall–Kier alpha value is -1.76. The topological polar surface area (TPSA) is 74.6 Å². The molecule has 0 aromatic heterocycles. The molecule has 0 aliphatic heterocycles. The Labute approximate surface area is 119 Å². The van der Waals surface area contributed by atoms with Gasteiger partial charge in [-0.3, -0.25) is 0 Å². The molecule has 136 valence electrons. The monoisotopic (exact) mass is 368 g/mol. The standard InChI is InChI=1S/C9H6F10O4/c1-2(10)6(12,13)8(16,17)9(18,19)7(14,15)5(11,3(20)21)4(22)23/h2H,1H3,(H,20,21)(H,22,23). The molecule has 0 rings (SSSR count). The molecule has 0 saturated carbocycles. The normalized spacial score (nSPS) is 16.1. The number of rotatable bonds is 7. The van der Waals surface area contributed by atoms with Crippen LogP contribution in [0.25, 0.3) is 0 Å². The Balaban J connectivity index is 6.48. The number of hydrogen-bond donors (Lipinski definition) is 2. The molecule has 0 aliphatic rings. The van der Waals surface area contributed by atoms with Gasteiger partial charge < -0.3 is 10.2 Å². The van der Waals surface area contributed by atoms with E-state index in [1.165, 1.54) is 0 Å². The summed E-state index contributed by atoms with van der Waals surface area (Å²) in [5, 5.41) is 16.0. The Morgan fingerprint density at radius 3 is 1.26 bits per heavy atom. The van der Waals surface area contributed by atoms with Crippen molar-refractivity contribution in [2.45, 2.75) is 42.5 Å². The van der Waals surface area contributed by atoms with Crippen molar-refractivity contribution < 1.29 is 63.7 Å². The van der Waals surface area contributed by atoms with E-state index in [9.17, 15) is 53.5 Å². The second kappa shape index (κ2) is 5.40. The van der Waals surface area contributed by atoms with Gasteiger partial charge in [-0.2, -0.15) is 35.1 Å². The third kappa shape index (κ3) is 2.47. The Kier molecular flexibility index (Phi) is 4.99. The average Bonchev–Trinajstić information content (AvgIpc) is 2.35. The molecule has 1 unspecified atom stereocenters. The Morgan fingerprint density at radius 1 is 0.739 bits per heavy atom. The zero-order valence-corrected chi connectivity index (χ0v) is 10.6. The van der Waals surface area contributed by atoms with Crippen LogP contribution in [0.2, 0.25) is 0 Å². The number of alkyl halides is 10. The number of carboxylic acid groups (broad SMARTS) is 2. The van der Waals surface area contributed by atoms with E-state index in [0.29, 0.717) is 0 Å². The minimum Gasteiger partial charge on any atom is -0.478 e. The van der Waals surface area contributed by atoms with Gasteiger partial charge in [0.15, 0.2) is 6.17 Å². The maximum Gasteiger partial charge on any atom is 0.382 e. The molecule has 0 spiro atoms. The highest BCUT2D eigenvalue weighted by atomic mass is 19.4.